The van der Waals surface area contributed by atoms with Crippen LogP contribution in [0, 0.1) is 17.7 Å². The first-order valence-electron chi connectivity index (χ1n) is 11.0. The summed E-state index contributed by atoms with van der Waals surface area (Å²) >= 11 is 0. The monoisotopic (exact) mass is 420 g/mol. The third kappa shape index (κ3) is 5.39. The normalized spacial score (nSPS) is 19.7. The molecule has 0 radical (unpaired) electrons. The maximum atomic E-state index is 13.4. The van der Waals surface area contributed by atoms with Crippen molar-refractivity contribution in [3.8, 4) is 11.3 Å². The van der Waals surface area contributed by atoms with Gasteiger partial charge in [-0.15, -0.1) is 0 Å². The molecular weight excluding hydrogens is 391 g/mol. The van der Waals surface area contributed by atoms with E-state index in [9.17, 15) is 9.18 Å². The third-order valence-corrected chi connectivity index (χ3v) is 6.22. The van der Waals surface area contributed by atoms with E-state index in [1.54, 1.807) is 12.1 Å². The van der Waals surface area contributed by atoms with Gasteiger partial charge >= 0.3 is 0 Å². The fraction of sp³-hybridized carbons (Fsp3) is 0.360. The van der Waals surface area contributed by atoms with Gasteiger partial charge in [-0.05, 0) is 62.3 Å². The van der Waals surface area contributed by atoms with Crippen LogP contribution < -0.4 is 11.1 Å². The highest BCUT2D eigenvalue weighted by Crippen LogP contribution is 2.29. The lowest BCUT2D eigenvalue weighted by Gasteiger charge is -2.28. The Morgan fingerprint density at radius 3 is 2.48 bits per heavy atom. The molecule has 2 aromatic carbocycles. The van der Waals surface area contributed by atoms with Gasteiger partial charge in [0.25, 0.3) is 0 Å². The number of nitrogens with one attached hydrogen (secondary N) is 2. The van der Waals surface area contributed by atoms with Gasteiger partial charge in [0.1, 0.15) is 11.6 Å². The summed E-state index contributed by atoms with van der Waals surface area (Å²) < 4.78 is 13.4. The van der Waals surface area contributed by atoms with Crippen molar-refractivity contribution in [1.29, 1.82) is 0 Å². The average molecular weight is 421 g/mol. The molecule has 5 nitrogen and oxygen atoms in total. The Labute approximate surface area is 182 Å². The van der Waals surface area contributed by atoms with E-state index in [1.807, 2.05) is 36.5 Å². The highest BCUT2D eigenvalue weighted by molar-refractivity contribution is 5.79. The molecule has 1 atom stereocenters. The van der Waals surface area contributed by atoms with E-state index >= 15 is 0 Å². The Morgan fingerprint density at radius 1 is 1.10 bits per heavy atom. The van der Waals surface area contributed by atoms with Crippen LogP contribution in [0.1, 0.15) is 43.1 Å². The van der Waals surface area contributed by atoms with Crippen molar-refractivity contribution < 1.29 is 9.18 Å². The molecule has 1 aliphatic rings. The molecule has 1 aromatic heterocycles. The van der Waals surface area contributed by atoms with E-state index in [-0.39, 0.29) is 23.7 Å². The molecule has 0 spiro atoms. The number of nitrogens with two attached hydrogens (primary N) is 1. The molecule has 4 rings (SSSR count). The van der Waals surface area contributed by atoms with Crippen LogP contribution in [-0.4, -0.2) is 22.4 Å². The van der Waals surface area contributed by atoms with Crippen LogP contribution in [0.3, 0.4) is 0 Å². The van der Waals surface area contributed by atoms with Crippen LogP contribution in [0.5, 0.6) is 0 Å². The second-order valence-corrected chi connectivity index (χ2v) is 8.38. The maximum absolute atomic E-state index is 13.4. The number of aromatic nitrogens is 2. The molecule has 6 heteroatoms. The number of aromatic amines is 1. The number of imidazole rings is 1. The minimum Gasteiger partial charge on any atom is -0.346 e. The van der Waals surface area contributed by atoms with Crippen LogP contribution in [-0.2, 0) is 11.2 Å². The number of H-pyrrole nitrogens is 1. The summed E-state index contributed by atoms with van der Waals surface area (Å²) in [6, 6.07) is 16.0. The molecule has 162 valence electrons. The van der Waals surface area contributed by atoms with Crippen LogP contribution in [0.15, 0.2) is 60.8 Å². The summed E-state index contributed by atoms with van der Waals surface area (Å²) in [7, 11) is 0. The number of nitrogens with zero attached hydrogens (tertiary/aromatic N) is 1. The predicted octanol–water partition coefficient (Wildman–Crippen LogP) is 4.38. The van der Waals surface area contributed by atoms with Gasteiger partial charge in [0, 0.05) is 17.7 Å². The van der Waals surface area contributed by atoms with Crippen molar-refractivity contribution in [3.05, 3.63) is 78.0 Å². The van der Waals surface area contributed by atoms with Gasteiger partial charge < -0.3 is 16.0 Å². The number of amides is 1. The smallest absolute Gasteiger partial charge is 0.223 e. The Bertz CT molecular complexity index is 978. The quantitative estimate of drug-likeness (QED) is 0.530. The van der Waals surface area contributed by atoms with E-state index in [1.165, 1.54) is 12.1 Å². The number of carbonyl (C=O) groups excluding carboxylic acids is 1. The number of halogens is 1. The van der Waals surface area contributed by atoms with Crippen molar-refractivity contribution in [2.45, 2.75) is 38.1 Å². The minimum absolute atomic E-state index is 0.00192. The zero-order valence-electron chi connectivity index (χ0n) is 17.6. The first-order chi connectivity index (χ1) is 15.1. The number of rotatable bonds is 7. The van der Waals surface area contributed by atoms with Crippen molar-refractivity contribution in [2.75, 3.05) is 6.54 Å². The molecule has 1 saturated carbocycles. The summed E-state index contributed by atoms with van der Waals surface area (Å²) in [6.07, 6.45) is 6.12. The largest absolute Gasteiger partial charge is 0.346 e. The first-order valence-corrected chi connectivity index (χ1v) is 11.0. The van der Waals surface area contributed by atoms with Crippen molar-refractivity contribution >= 4 is 5.91 Å². The number of carbonyl (C=O) groups is 1. The summed E-state index contributed by atoms with van der Waals surface area (Å²) in [4.78, 5) is 21.1. The van der Waals surface area contributed by atoms with Crippen molar-refractivity contribution in [3.63, 3.8) is 0 Å². The fourth-order valence-corrected chi connectivity index (χ4v) is 4.29. The summed E-state index contributed by atoms with van der Waals surface area (Å²) in [6.45, 7) is 0.691. The summed E-state index contributed by atoms with van der Waals surface area (Å²) in [5.41, 5.74) is 8.57. The van der Waals surface area contributed by atoms with E-state index in [2.05, 4.69) is 10.3 Å². The predicted molar refractivity (Wildman–Crippen MR) is 120 cm³/mol. The zero-order valence-corrected chi connectivity index (χ0v) is 17.6. The van der Waals surface area contributed by atoms with Crippen LogP contribution in [0.4, 0.5) is 4.39 Å². The first kappa shape index (κ1) is 21.2. The lowest BCUT2D eigenvalue weighted by atomic mass is 9.81. The summed E-state index contributed by atoms with van der Waals surface area (Å²) in [5, 5.41) is 3.21. The second-order valence-electron chi connectivity index (χ2n) is 8.38. The highest BCUT2D eigenvalue weighted by atomic mass is 19.1. The van der Waals surface area contributed by atoms with Gasteiger partial charge in [0.15, 0.2) is 0 Å². The third-order valence-electron chi connectivity index (χ3n) is 6.22. The molecule has 0 saturated heterocycles. The average Bonchev–Trinajstić information content (AvgIpc) is 3.31. The minimum atomic E-state index is -0.317. The molecule has 0 aliphatic heterocycles. The van der Waals surface area contributed by atoms with Gasteiger partial charge in [-0.1, -0.05) is 42.5 Å². The van der Waals surface area contributed by atoms with Gasteiger partial charge in [0.05, 0.1) is 11.7 Å². The molecule has 31 heavy (non-hydrogen) atoms. The molecule has 1 heterocycles. The van der Waals surface area contributed by atoms with Gasteiger partial charge in [-0.2, -0.15) is 0 Å². The van der Waals surface area contributed by atoms with Gasteiger partial charge in [-0.3, -0.25) is 4.79 Å². The molecule has 1 unspecified atom stereocenters. The molecule has 1 amide bonds. The Kier molecular flexibility index (Phi) is 6.77. The standard InChI is InChI=1S/C25H29FN4O/c26-21-12-8-17(9-13-21)14-22(30-25(31)20-10-6-18(15-27)7-11-20)24-28-16-23(29-24)19-4-2-1-3-5-19/h1-5,8-9,12-13,16,18,20,22H,6-7,10-11,14-15,27H2,(H,28,29)(H,30,31). The Hall–Kier alpha value is -2.99. The summed E-state index contributed by atoms with van der Waals surface area (Å²) in [5.74, 6) is 1.01. The Morgan fingerprint density at radius 2 is 1.81 bits per heavy atom. The molecule has 1 fully saturated rings. The second kappa shape index (κ2) is 9.88. The fourth-order valence-electron chi connectivity index (χ4n) is 4.29. The van der Waals surface area contributed by atoms with Crippen molar-refractivity contribution in [1.82, 2.24) is 15.3 Å². The van der Waals surface area contributed by atoms with Crippen LogP contribution in [0.2, 0.25) is 0 Å². The van der Waals surface area contributed by atoms with E-state index < -0.39 is 0 Å². The van der Waals surface area contributed by atoms with E-state index in [4.69, 9.17) is 10.7 Å². The zero-order chi connectivity index (χ0) is 21.6. The van der Waals surface area contributed by atoms with E-state index in [0.29, 0.717) is 24.7 Å². The maximum Gasteiger partial charge on any atom is 0.223 e. The lowest BCUT2D eigenvalue weighted by Crippen LogP contribution is -2.37. The molecule has 3 aromatic rings. The number of hydrogen-bond donors (Lipinski definition) is 3. The molecular formula is C25H29FN4O. The van der Waals surface area contributed by atoms with Crippen LogP contribution in [0.25, 0.3) is 11.3 Å². The molecule has 1 aliphatic carbocycles. The molecule has 4 N–H and O–H groups in total. The number of benzene rings is 2. The van der Waals surface area contributed by atoms with Crippen LogP contribution >= 0.6 is 0 Å². The highest BCUT2D eigenvalue weighted by Gasteiger charge is 2.28. The molecule has 0 bridgehead atoms. The lowest BCUT2D eigenvalue weighted by molar-refractivity contribution is -0.127. The number of hydrogen-bond acceptors (Lipinski definition) is 3. The van der Waals surface area contributed by atoms with Gasteiger partial charge in [-0.25, -0.2) is 9.37 Å². The topological polar surface area (TPSA) is 83.8 Å². The van der Waals surface area contributed by atoms with E-state index in [0.717, 1.165) is 42.5 Å². The SMILES string of the molecule is NCC1CCC(C(=O)NC(Cc2ccc(F)cc2)c2nc(-c3ccccc3)c[nH]2)CC1. The Balaban J connectivity index is 1.52. The van der Waals surface area contributed by atoms with Gasteiger partial charge in [0.2, 0.25) is 5.91 Å². The van der Waals surface area contributed by atoms with Crippen molar-refractivity contribution in [2.24, 2.45) is 17.6 Å².